The van der Waals surface area contributed by atoms with Gasteiger partial charge in [-0.2, -0.15) is 0 Å². The molecular weight excluding hydrogens is 627 g/mol. The Balaban J connectivity index is 0.938. The minimum Gasteiger partial charge on any atom is -0.302 e. The molecule has 12 saturated carbocycles. The Morgan fingerprint density at radius 2 is 1.46 bits per heavy atom. The largest absolute Gasteiger partial charge is 0.302 e. The molecule has 1 nitrogen and oxygen atoms in total. The van der Waals surface area contributed by atoms with Gasteiger partial charge < -0.3 is 4.90 Å². The Kier molecular flexibility index (Phi) is 4.01. The molecule has 264 valence electrons. The van der Waals surface area contributed by atoms with Crippen LogP contribution in [-0.4, -0.2) is 24.5 Å². The van der Waals surface area contributed by atoms with Gasteiger partial charge in [0.15, 0.2) is 0 Å². The molecule has 1 aromatic carbocycles. The van der Waals surface area contributed by atoms with Crippen LogP contribution in [0.3, 0.4) is 0 Å². The van der Waals surface area contributed by atoms with E-state index < -0.39 is 0 Å². The molecule has 1 saturated heterocycles. The lowest BCUT2D eigenvalue weighted by molar-refractivity contribution is -0.147. The molecule has 27 atom stereocenters. The summed E-state index contributed by atoms with van der Waals surface area (Å²) in [7, 11) is 2.62. The van der Waals surface area contributed by atoms with E-state index in [0.717, 1.165) is 154 Å². The number of nitrogens with zero attached hydrogens (tertiary/aromatic N) is 1. The van der Waals surface area contributed by atoms with Crippen LogP contribution in [0.15, 0.2) is 64.8 Å². The van der Waals surface area contributed by atoms with Gasteiger partial charge in [-0.3, -0.25) is 0 Å². The monoisotopic (exact) mass is 681 g/mol. The molecule has 0 bridgehead atoms. The molecule has 0 radical (unpaired) electrons. The van der Waals surface area contributed by atoms with Crippen molar-refractivity contribution in [2.75, 3.05) is 13.6 Å². The van der Waals surface area contributed by atoms with Gasteiger partial charge >= 0.3 is 0 Å². The number of likely N-dealkylation sites (tertiary alicyclic amines) is 1. The van der Waals surface area contributed by atoms with Crippen LogP contribution < -0.4 is 0 Å². The fraction of sp³-hybridized carbons (Fsp3) is 0.725. The zero-order chi connectivity index (χ0) is 32.7. The summed E-state index contributed by atoms with van der Waals surface area (Å²) in [4.78, 5) is 3.01. The molecule has 27 unspecified atom stereocenters. The highest BCUT2D eigenvalue weighted by molar-refractivity contribution is 5.57. The third-order valence-electron chi connectivity index (χ3n) is 24.4. The highest BCUT2D eigenvalue weighted by Gasteiger charge is 2.88. The number of hydrogen-bond donors (Lipinski definition) is 0. The lowest BCUT2D eigenvalue weighted by atomic mass is 9.42. The van der Waals surface area contributed by atoms with Crippen molar-refractivity contribution in [2.45, 2.75) is 57.4 Å². The van der Waals surface area contributed by atoms with E-state index in [2.05, 4.69) is 76.7 Å². The van der Waals surface area contributed by atoms with Crippen LogP contribution in [-0.2, 0) is 6.42 Å². The zero-order valence-electron chi connectivity index (χ0n) is 31.0. The van der Waals surface area contributed by atoms with E-state index in [1.54, 1.807) is 31.2 Å². The van der Waals surface area contributed by atoms with Crippen molar-refractivity contribution in [2.24, 2.45) is 153 Å². The van der Waals surface area contributed by atoms with Crippen molar-refractivity contribution >= 4 is 6.08 Å². The molecule has 0 aromatic heterocycles. The molecule has 1 heterocycles. The Bertz CT molecular complexity index is 2130. The van der Waals surface area contributed by atoms with Gasteiger partial charge in [-0.25, -0.2) is 0 Å². The van der Waals surface area contributed by atoms with E-state index in [9.17, 15) is 0 Å². The standard InChI is InChI=1S/C51H55N/c1-3-18-4-6-19(7-5-18)8-29-51-16-26-14-24-12-21-9-20-10-23-11-22-13-25-15-27(28(51)17-52(29)2)37-42-33(25)32(22)39-34(23)38-30(20)31(21)40-35(24)41-36(26)50(51)49(37)48-46(41)44(40)43(38)45(39)47(42)48/h3-7,10,20-22,24,26,28-32,34-36,38-50H,1,8-9,11-17H2,2H3. The van der Waals surface area contributed by atoms with E-state index in [1.165, 1.54) is 37.8 Å². The van der Waals surface area contributed by atoms with E-state index in [-0.39, 0.29) is 0 Å². The highest BCUT2D eigenvalue weighted by atomic mass is 15.2. The third-order valence-corrected chi connectivity index (χ3v) is 24.4. The molecule has 18 rings (SSSR count). The maximum Gasteiger partial charge on any atom is 0.0199 e. The van der Waals surface area contributed by atoms with Crippen molar-refractivity contribution in [3.63, 3.8) is 0 Å². The first-order chi connectivity index (χ1) is 25.6. The highest BCUT2D eigenvalue weighted by Crippen LogP contribution is 2.92. The molecule has 52 heavy (non-hydrogen) atoms. The molecule has 1 aliphatic heterocycles. The van der Waals surface area contributed by atoms with Gasteiger partial charge in [-0.15, -0.1) is 0 Å². The van der Waals surface area contributed by atoms with Gasteiger partial charge in [0.25, 0.3) is 0 Å². The number of allylic oxidation sites excluding steroid dienone is 5. The first-order valence-corrected chi connectivity index (χ1v) is 23.2. The van der Waals surface area contributed by atoms with E-state index in [0.29, 0.717) is 5.41 Å². The van der Waals surface area contributed by atoms with E-state index in [1.807, 2.05) is 6.08 Å². The molecule has 0 amide bonds. The minimum atomic E-state index is 0.527. The third kappa shape index (κ3) is 2.27. The predicted molar refractivity (Wildman–Crippen MR) is 201 cm³/mol. The maximum atomic E-state index is 4.10. The Morgan fingerprint density at radius 3 is 2.35 bits per heavy atom. The van der Waals surface area contributed by atoms with Crippen molar-refractivity contribution in [3.05, 3.63) is 75.9 Å². The van der Waals surface area contributed by atoms with Gasteiger partial charge in [0, 0.05) is 24.4 Å². The molecule has 1 aromatic rings. The van der Waals surface area contributed by atoms with Gasteiger partial charge in [0.1, 0.15) is 0 Å². The SMILES string of the molecule is C=Cc1ccc(CC2N(C)CC3C4=C5C6C7=C(C4)CC4CC8=CC9CC%10CC%11CC%12CC32C2C5C3C6C5C(C74)C8C4C9C%10C6C%11C(C3C6C45)C%122)cc1. The minimum absolute atomic E-state index is 0.527. The Labute approximate surface area is 310 Å². The van der Waals surface area contributed by atoms with Gasteiger partial charge in [0.05, 0.1) is 0 Å². The maximum absolute atomic E-state index is 4.10. The van der Waals surface area contributed by atoms with Crippen LogP contribution >= 0.6 is 0 Å². The van der Waals surface area contributed by atoms with Crippen molar-refractivity contribution in [3.8, 4) is 0 Å². The average molecular weight is 682 g/mol. The predicted octanol–water partition coefficient (Wildman–Crippen LogP) is 9.05. The fourth-order valence-corrected chi connectivity index (χ4v) is 25.4. The molecule has 13 fully saturated rings. The normalized spacial score (nSPS) is 68.0. The second-order valence-corrected chi connectivity index (χ2v) is 23.9. The summed E-state index contributed by atoms with van der Waals surface area (Å²) in [5.74, 6) is 26.8. The second kappa shape index (κ2) is 7.76. The second-order valence-electron chi connectivity index (χ2n) is 23.9. The van der Waals surface area contributed by atoms with Crippen LogP contribution in [0.1, 0.15) is 56.1 Å². The lowest BCUT2D eigenvalue weighted by Gasteiger charge is -2.62. The average Bonchev–Trinajstić information content (AvgIpc) is 4.00. The van der Waals surface area contributed by atoms with Gasteiger partial charge in [-0.1, -0.05) is 70.9 Å². The van der Waals surface area contributed by atoms with E-state index in [4.69, 9.17) is 0 Å². The summed E-state index contributed by atoms with van der Waals surface area (Å²) in [6, 6.07) is 10.5. The summed E-state index contributed by atoms with van der Waals surface area (Å²) < 4.78 is 0. The summed E-state index contributed by atoms with van der Waals surface area (Å²) in [5, 5.41) is 0. The van der Waals surface area contributed by atoms with Crippen LogP contribution in [0.2, 0.25) is 0 Å². The van der Waals surface area contributed by atoms with Crippen molar-refractivity contribution in [1.29, 1.82) is 0 Å². The topological polar surface area (TPSA) is 3.24 Å². The molecule has 17 aliphatic rings. The van der Waals surface area contributed by atoms with E-state index >= 15 is 0 Å². The molecular formula is C51H55N. The lowest BCUT2D eigenvalue weighted by Crippen LogP contribution is -2.60. The quantitative estimate of drug-likeness (QED) is 0.288. The zero-order valence-corrected chi connectivity index (χ0v) is 31.0. The number of hydrogen-bond acceptors (Lipinski definition) is 1. The van der Waals surface area contributed by atoms with Crippen LogP contribution in [0.5, 0.6) is 0 Å². The molecule has 16 aliphatic carbocycles. The fourth-order valence-electron chi connectivity index (χ4n) is 25.4. The number of likely N-dealkylation sites (N-methyl/N-ethyl adjacent to an activating group) is 1. The first-order valence-electron chi connectivity index (χ1n) is 23.2. The number of rotatable bonds is 3. The summed E-state index contributed by atoms with van der Waals surface area (Å²) in [6.07, 6.45) is 17.5. The van der Waals surface area contributed by atoms with Gasteiger partial charge in [-0.05, 0) is 211 Å². The van der Waals surface area contributed by atoms with Crippen LogP contribution in [0, 0.1) is 153 Å². The summed E-state index contributed by atoms with van der Waals surface area (Å²) >= 11 is 0. The number of benzene rings is 1. The van der Waals surface area contributed by atoms with Crippen LogP contribution in [0.4, 0.5) is 0 Å². The summed E-state index contributed by atoms with van der Waals surface area (Å²) in [6.45, 7) is 5.48. The van der Waals surface area contributed by atoms with Crippen molar-refractivity contribution in [1.82, 2.24) is 4.90 Å². The van der Waals surface area contributed by atoms with Crippen LogP contribution in [0.25, 0.3) is 6.08 Å². The van der Waals surface area contributed by atoms with Crippen molar-refractivity contribution < 1.29 is 0 Å². The Morgan fingerprint density at radius 1 is 0.712 bits per heavy atom. The smallest absolute Gasteiger partial charge is 0.0199 e. The summed E-state index contributed by atoms with van der Waals surface area (Å²) in [5.41, 5.74) is 14.2. The molecule has 1 heteroatoms. The molecule has 0 N–H and O–H groups in total. The van der Waals surface area contributed by atoms with Gasteiger partial charge in [0.2, 0.25) is 0 Å². The Hall–Kier alpha value is -1.86. The molecule has 1 spiro atoms. The first kappa shape index (κ1) is 26.9. The number of fused-ring (bicyclic) bond motifs is 1.